The monoisotopic (exact) mass is 426 g/mol. The summed E-state index contributed by atoms with van der Waals surface area (Å²) >= 11 is 0. The van der Waals surface area contributed by atoms with Crippen molar-refractivity contribution >= 4 is 0 Å². The van der Waals surface area contributed by atoms with Crippen LogP contribution in [-0.2, 0) is 6.42 Å². The zero-order chi connectivity index (χ0) is 21.8. The van der Waals surface area contributed by atoms with E-state index in [-0.39, 0.29) is 5.75 Å². The van der Waals surface area contributed by atoms with Gasteiger partial charge in [0.05, 0.1) is 0 Å². The molecule has 0 aromatic heterocycles. The maximum Gasteiger partial charge on any atom is 0.573 e. The maximum absolute atomic E-state index is 12.3. The van der Waals surface area contributed by atoms with Crippen LogP contribution < -0.4 is 4.74 Å². The summed E-state index contributed by atoms with van der Waals surface area (Å²) < 4.78 is 40.7. The van der Waals surface area contributed by atoms with Crippen molar-refractivity contribution in [2.24, 2.45) is 11.8 Å². The Hall–Kier alpha value is -2.41. The first kappa shape index (κ1) is 21.8. The van der Waals surface area contributed by atoms with Crippen LogP contribution >= 0.6 is 0 Å². The minimum atomic E-state index is -4.68. The van der Waals surface area contributed by atoms with Gasteiger partial charge in [-0.2, -0.15) is 0 Å². The molecule has 4 heteroatoms. The molecule has 0 radical (unpaired) electrons. The van der Waals surface area contributed by atoms with Gasteiger partial charge < -0.3 is 4.74 Å². The normalized spacial score (nSPS) is 22.6. The highest BCUT2D eigenvalue weighted by atomic mass is 19.4. The summed E-state index contributed by atoms with van der Waals surface area (Å²) in [4.78, 5) is 0. The molecule has 1 nitrogen and oxygen atoms in total. The summed E-state index contributed by atoms with van der Waals surface area (Å²) in [6.07, 6.45) is 5.82. The third-order valence-corrected chi connectivity index (χ3v) is 6.82. The fraction of sp³-hybridized carbons (Fsp3) is 0.481. The Labute approximate surface area is 183 Å². The lowest BCUT2D eigenvalue weighted by Gasteiger charge is -2.40. The van der Waals surface area contributed by atoms with Gasteiger partial charge in [0.15, 0.2) is 0 Å². The molecule has 0 amide bonds. The van der Waals surface area contributed by atoms with Crippen LogP contribution in [0.2, 0.25) is 0 Å². The molecule has 0 spiro atoms. The molecule has 164 valence electrons. The number of hydrogen-bond donors (Lipinski definition) is 0. The summed E-state index contributed by atoms with van der Waals surface area (Å²) in [5, 5.41) is 0. The van der Waals surface area contributed by atoms with Crippen LogP contribution in [0.25, 0.3) is 0 Å². The minimum Gasteiger partial charge on any atom is -0.406 e. The van der Waals surface area contributed by atoms with E-state index < -0.39 is 6.36 Å². The summed E-state index contributed by atoms with van der Waals surface area (Å²) in [5.74, 6) is 8.44. The molecule has 2 aliphatic carbocycles. The van der Waals surface area contributed by atoms with Gasteiger partial charge in [0, 0.05) is 11.1 Å². The van der Waals surface area contributed by atoms with Crippen molar-refractivity contribution in [3.8, 4) is 17.6 Å². The number of hydrogen-bond acceptors (Lipinski definition) is 1. The average Bonchev–Trinajstić information content (AvgIpc) is 2.75. The molecule has 0 aliphatic heterocycles. The van der Waals surface area contributed by atoms with Crippen molar-refractivity contribution in [2.45, 2.75) is 70.6 Å². The van der Waals surface area contributed by atoms with Gasteiger partial charge in [-0.15, -0.1) is 13.2 Å². The Bertz CT molecular complexity index is 949. The number of fused-ring (bicyclic) bond motifs is 3. The zero-order valence-electron chi connectivity index (χ0n) is 18.0. The number of unbranched alkanes of at least 4 members (excludes halogenated alkanes) is 1. The van der Waals surface area contributed by atoms with Crippen LogP contribution in [0.4, 0.5) is 13.2 Å². The Morgan fingerprint density at radius 1 is 0.968 bits per heavy atom. The van der Waals surface area contributed by atoms with Crippen LogP contribution in [0.1, 0.15) is 80.0 Å². The quantitative estimate of drug-likeness (QED) is 0.457. The van der Waals surface area contributed by atoms with Crippen LogP contribution in [0.3, 0.4) is 0 Å². The van der Waals surface area contributed by atoms with Crippen molar-refractivity contribution in [3.05, 3.63) is 64.7 Å². The molecule has 3 unspecified atom stereocenters. The lowest BCUT2D eigenvalue weighted by molar-refractivity contribution is -0.274. The summed E-state index contributed by atoms with van der Waals surface area (Å²) in [6, 6.07) is 12.3. The van der Waals surface area contributed by atoms with Gasteiger partial charge in [-0.3, -0.25) is 0 Å². The van der Waals surface area contributed by atoms with Gasteiger partial charge in [0.1, 0.15) is 5.75 Å². The zero-order valence-corrected chi connectivity index (χ0v) is 18.0. The Morgan fingerprint density at radius 2 is 1.71 bits per heavy atom. The van der Waals surface area contributed by atoms with Crippen LogP contribution in [0.5, 0.6) is 5.75 Å². The van der Waals surface area contributed by atoms with E-state index in [1.807, 2.05) is 0 Å². The summed E-state index contributed by atoms with van der Waals surface area (Å²) in [7, 11) is 0. The molecule has 0 saturated heterocycles. The smallest absolute Gasteiger partial charge is 0.406 e. The van der Waals surface area contributed by atoms with Gasteiger partial charge in [-0.1, -0.05) is 44.1 Å². The number of halogens is 3. The first-order valence-electron chi connectivity index (χ1n) is 11.4. The number of rotatable bonds is 4. The van der Waals surface area contributed by atoms with E-state index in [9.17, 15) is 13.2 Å². The highest BCUT2D eigenvalue weighted by Crippen LogP contribution is 2.47. The van der Waals surface area contributed by atoms with Gasteiger partial charge >= 0.3 is 6.36 Å². The van der Waals surface area contributed by atoms with Crippen LogP contribution in [0.15, 0.2) is 42.5 Å². The second kappa shape index (κ2) is 9.39. The predicted octanol–water partition coefficient (Wildman–Crippen LogP) is 7.62. The molecule has 0 N–H and O–H groups in total. The second-order valence-corrected chi connectivity index (χ2v) is 8.96. The number of ether oxygens (including phenoxy) is 1. The van der Waals surface area contributed by atoms with Gasteiger partial charge in [0.25, 0.3) is 0 Å². The lowest BCUT2D eigenvalue weighted by Crippen LogP contribution is -2.28. The Kier molecular flexibility index (Phi) is 6.60. The lowest BCUT2D eigenvalue weighted by atomic mass is 9.64. The fourth-order valence-electron chi connectivity index (χ4n) is 5.33. The third kappa shape index (κ3) is 5.64. The van der Waals surface area contributed by atoms with E-state index >= 15 is 0 Å². The van der Waals surface area contributed by atoms with Crippen LogP contribution in [-0.4, -0.2) is 6.36 Å². The van der Waals surface area contributed by atoms with E-state index in [0.29, 0.717) is 11.5 Å². The second-order valence-electron chi connectivity index (χ2n) is 8.96. The Morgan fingerprint density at radius 3 is 2.45 bits per heavy atom. The van der Waals surface area contributed by atoms with Gasteiger partial charge in [0.2, 0.25) is 0 Å². The van der Waals surface area contributed by atoms with E-state index in [4.69, 9.17) is 0 Å². The van der Waals surface area contributed by atoms with Crippen molar-refractivity contribution in [3.63, 3.8) is 0 Å². The molecule has 31 heavy (non-hydrogen) atoms. The molecule has 1 fully saturated rings. The van der Waals surface area contributed by atoms with Gasteiger partial charge in [-0.25, -0.2) is 0 Å². The largest absolute Gasteiger partial charge is 0.573 e. The SMILES string of the molecule is CCCCC1CCC2c3ccc(C#Cc4ccc(OC(F)(F)F)cc4)cc3CCC2C1. The minimum absolute atomic E-state index is 0.231. The van der Waals surface area contributed by atoms with Crippen LogP contribution in [0, 0.1) is 23.7 Å². The van der Waals surface area contributed by atoms with E-state index in [2.05, 4.69) is 41.7 Å². The molecule has 4 rings (SSSR count). The van der Waals surface area contributed by atoms with E-state index in [0.717, 1.165) is 23.8 Å². The predicted molar refractivity (Wildman–Crippen MR) is 117 cm³/mol. The summed E-state index contributed by atoms with van der Waals surface area (Å²) in [5.41, 5.74) is 4.57. The van der Waals surface area contributed by atoms with Crippen molar-refractivity contribution in [2.75, 3.05) is 0 Å². The highest BCUT2D eigenvalue weighted by Gasteiger charge is 2.35. The van der Waals surface area contributed by atoms with E-state index in [1.54, 1.807) is 12.1 Å². The molecule has 2 aliphatic rings. The molecular weight excluding hydrogens is 397 g/mol. The number of benzene rings is 2. The first-order valence-corrected chi connectivity index (χ1v) is 11.4. The maximum atomic E-state index is 12.3. The highest BCUT2D eigenvalue weighted by molar-refractivity contribution is 5.48. The Balaban J connectivity index is 1.43. The summed E-state index contributed by atoms with van der Waals surface area (Å²) in [6.45, 7) is 2.28. The number of alkyl halides is 3. The van der Waals surface area contributed by atoms with Crippen molar-refractivity contribution in [1.29, 1.82) is 0 Å². The topological polar surface area (TPSA) is 9.23 Å². The van der Waals surface area contributed by atoms with Crippen molar-refractivity contribution in [1.82, 2.24) is 0 Å². The first-order chi connectivity index (χ1) is 14.9. The van der Waals surface area contributed by atoms with Crippen molar-refractivity contribution < 1.29 is 17.9 Å². The molecule has 1 saturated carbocycles. The molecular formula is C27H29F3O. The number of aryl methyl sites for hydroxylation is 1. The standard InChI is InChI=1S/C27H29F3O/c1-2-3-4-20-9-15-25-22(17-20)11-12-23-18-21(10-16-26(23)25)6-5-19-7-13-24(14-8-19)31-27(28,29)30/h7-8,10,13-14,16,18,20,22,25H,2-4,9,11-12,15,17H2,1H3. The molecule has 0 heterocycles. The van der Waals surface area contributed by atoms with E-state index in [1.165, 1.54) is 68.2 Å². The fourth-order valence-corrected chi connectivity index (χ4v) is 5.33. The molecule has 2 aromatic carbocycles. The third-order valence-electron chi connectivity index (χ3n) is 6.82. The van der Waals surface area contributed by atoms with Gasteiger partial charge in [-0.05, 0) is 97.4 Å². The molecule has 2 aromatic rings. The average molecular weight is 427 g/mol. The molecule has 0 bridgehead atoms. The molecule has 3 atom stereocenters.